The lowest BCUT2D eigenvalue weighted by Gasteiger charge is -2.08. The van der Waals surface area contributed by atoms with Crippen molar-refractivity contribution in [3.63, 3.8) is 0 Å². The van der Waals surface area contributed by atoms with E-state index in [-0.39, 0.29) is 5.89 Å². The Labute approximate surface area is 88.4 Å². The molecule has 15 heavy (non-hydrogen) atoms. The summed E-state index contributed by atoms with van der Waals surface area (Å²) in [6.07, 6.45) is -0.116. The Morgan fingerprint density at radius 2 is 2.33 bits per heavy atom. The van der Waals surface area contributed by atoms with Crippen molar-refractivity contribution in [3.8, 4) is 0 Å². The Bertz CT molecular complexity index is 288. The summed E-state index contributed by atoms with van der Waals surface area (Å²) in [5.41, 5.74) is 5.63. The quantitative estimate of drug-likeness (QED) is 0.650. The summed E-state index contributed by atoms with van der Waals surface area (Å²) in [5, 5.41) is 13.0. The Hall–Kier alpha value is -0.980. The standard InChI is InChI=1S/C9H17N3O3/c1-3-14-5-4-7-11-9(15-12-7)8(10)6(2)13/h6,8,13H,3-5,10H2,1-2H3/t6-,8+/m1/s1. The fourth-order valence-corrected chi connectivity index (χ4v) is 1.02. The minimum atomic E-state index is -0.704. The van der Waals surface area contributed by atoms with E-state index in [0.717, 1.165) is 0 Å². The second-order valence-corrected chi connectivity index (χ2v) is 3.26. The van der Waals surface area contributed by atoms with Crippen molar-refractivity contribution in [3.05, 3.63) is 11.7 Å². The third-order valence-corrected chi connectivity index (χ3v) is 1.96. The molecule has 0 saturated carbocycles. The maximum Gasteiger partial charge on any atom is 0.246 e. The van der Waals surface area contributed by atoms with Gasteiger partial charge in [0.05, 0.1) is 12.7 Å². The van der Waals surface area contributed by atoms with Gasteiger partial charge >= 0.3 is 0 Å². The van der Waals surface area contributed by atoms with Gasteiger partial charge in [-0.2, -0.15) is 4.98 Å². The smallest absolute Gasteiger partial charge is 0.246 e. The van der Waals surface area contributed by atoms with Crippen LogP contribution in [0.3, 0.4) is 0 Å². The van der Waals surface area contributed by atoms with Crippen molar-refractivity contribution in [1.29, 1.82) is 0 Å². The Balaban J connectivity index is 2.48. The maximum atomic E-state index is 9.22. The second-order valence-electron chi connectivity index (χ2n) is 3.26. The highest BCUT2D eigenvalue weighted by Gasteiger charge is 2.19. The summed E-state index contributed by atoms with van der Waals surface area (Å²) in [7, 11) is 0. The molecule has 86 valence electrons. The Morgan fingerprint density at radius 1 is 1.60 bits per heavy atom. The maximum absolute atomic E-state index is 9.22. The summed E-state index contributed by atoms with van der Waals surface area (Å²) < 4.78 is 10.1. The predicted molar refractivity (Wildman–Crippen MR) is 53.1 cm³/mol. The van der Waals surface area contributed by atoms with Crippen molar-refractivity contribution >= 4 is 0 Å². The van der Waals surface area contributed by atoms with Crippen LogP contribution < -0.4 is 5.73 Å². The highest BCUT2D eigenvalue weighted by molar-refractivity contribution is 4.93. The molecule has 1 heterocycles. The SMILES string of the molecule is CCOCCc1noc([C@@H](N)[C@@H](C)O)n1. The van der Waals surface area contributed by atoms with Crippen molar-refractivity contribution < 1.29 is 14.4 Å². The third-order valence-electron chi connectivity index (χ3n) is 1.96. The molecule has 1 rings (SSSR count). The number of aliphatic hydroxyl groups is 1. The first-order chi connectivity index (χ1) is 7.15. The van der Waals surface area contributed by atoms with Gasteiger partial charge in [-0.3, -0.25) is 0 Å². The first kappa shape index (κ1) is 12.1. The first-order valence-corrected chi connectivity index (χ1v) is 4.99. The van der Waals surface area contributed by atoms with E-state index in [1.165, 1.54) is 0 Å². The van der Waals surface area contributed by atoms with Gasteiger partial charge in [0.15, 0.2) is 5.82 Å². The fraction of sp³-hybridized carbons (Fsp3) is 0.778. The van der Waals surface area contributed by atoms with Gasteiger partial charge in [0.1, 0.15) is 6.04 Å². The zero-order chi connectivity index (χ0) is 11.3. The van der Waals surface area contributed by atoms with Crippen LogP contribution in [0.2, 0.25) is 0 Å². The summed E-state index contributed by atoms with van der Waals surface area (Å²) in [4.78, 5) is 4.06. The van der Waals surface area contributed by atoms with Crippen LogP contribution >= 0.6 is 0 Å². The zero-order valence-electron chi connectivity index (χ0n) is 9.01. The van der Waals surface area contributed by atoms with Gasteiger partial charge in [0.25, 0.3) is 0 Å². The number of aromatic nitrogens is 2. The van der Waals surface area contributed by atoms with E-state index in [9.17, 15) is 5.11 Å². The molecule has 0 amide bonds. The molecule has 3 N–H and O–H groups in total. The van der Waals surface area contributed by atoms with Gasteiger partial charge in [0, 0.05) is 13.0 Å². The molecule has 0 aliphatic heterocycles. The molecule has 0 aliphatic carbocycles. The second kappa shape index (κ2) is 5.79. The highest BCUT2D eigenvalue weighted by atomic mass is 16.5. The van der Waals surface area contributed by atoms with Crippen LogP contribution in [-0.2, 0) is 11.2 Å². The number of aliphatic hydroxyl groups excluding tert-OH is 1. The lowest BCUT2D eigenvalue weighted by atomic mass is 10.2. The summed E-state index contributed by atoms with van der Waals surface area (Å²) in [6.45, 7) is 4.72. The number of nitrogens with two attached hydrogens (primary N) is 1. The van der Waals surface area contributed by atoms with Crippen LogP contribution in [0.1, 0.15) is 31.6 Å². The minimum Gasteiger partial charge on any atom is -0.391 e. The van der Waals surface area contributed by atoms with E-state index in [1.54, 1.807) is 6.92 Å². The van der Waals surface area contributed by atoms with E-state index in [0.29, 0.717) is 25.5 Å². The molecule has 0 spiro atoms. The van der Waals surface area contributed by atoms with Crippen LogP contribution in [0.15, 0.2) is 4.52 Å². The summed E-state index contributed by atoms with van der Waals surface area (Å²) in [5.74, 6) is 0.811. The molecular formula is C9H17N3O3. The average molecular weight is 215 g/mol. The van der Waals surface area contributed by atoms with Crippen LogP contribution in [-0.4, -0.2) is 34.6 Å². The highest BCUT2D eigenvalue weighted by Crippen LogP contribution is 2.11. The fourth-order valence-electron chi connectivity index (χ4n) is 1.02. The van der Waals surface area contributed by atoms with E-state index >= 15 is 0 Å². The molecule has 0 aliphatic rings. The Morgan fingerprint density at radius 3 is 2.93 bits per heavy atom. The molecule has 6 heteroatoms. The molecule has 0 radical (unpaired) electrons. The van der Waals surface area contributed by atoms with Crippen molar-refractivity contribution in [2.75, 3.05) is 13.2 Å². The van der Waals surface area contributed by atoms with Gasteiger partial charge < -0.3 is 20.1 Å². The van der Waals surface area contributed by atoms with Crippen LogP contribution in [0, 0.1) is 0 Å². The third kappa shape index (κ3) is 3.58. The van der Waals surface area contributed by atoms with Crippen LogP contribution in [0.4, 0.5) is 0 Å². The van der Waals surface area contributed by atoms with Gasteiger partial charge in [-0.25, -0.2) is 0 Å². The first-order valence-electron chi connectivity index (χ1n) is 4.99. The van der Waals surface area contributed by atoms with E-state index < -0.39 is 12.1 Å². The zero-order valence-corrected chi connectivity index (χ0v) is 9.01. The lowest BCUT2D eigenvalue weighted by molar-refractivity contribution is 0.145. The summed E-state index contributed by atoms with van der Waals surface area (Å²) in [6, 6.07) is -0.627. The van der Waals surface area contributed by atoms with Crippen molar-refractivity contribution in [2.45, 2.75) is 32.4 Å². The molecule has 0 bridgehead atoms. The Kier molecular flexibility index (Phi) is 4.67. The molecule has 2 atom stereocenters. The van der Waals surface area contributed by atoms with Gasteiger partial charge in [-0.05, 0) is 13.8 Å². The lowest BCUT2D eigenvalue weighted by Crippen LogP contribution is -2.23. The molecule has 0 fully saturated rings. The molecule has 0 unspecified atom stereocenters. The number of rotatable bonds is 6. The van der Waals surface area contributed by atoms with E-state index in [2.05, 4.69) is 10.1 Å². The predicted octanol–water partition coefficient (Wildman–Crippen LogP) is 0.0292. The number of hydrogen-bond acceptors (Lipinski definition) is 6. The monoisotopic (exact) mass is 215 g/mol. The molecule has 0 saturated heterocycles. The molecule has 0 aromatic carbocycles. The molecular weight excluding hydrogens is 198 g/mol. The topological polar surface area (TPSA) is 94.4 Å². The van der Waals surface area contributed by atoms with Crippen LogP contribution in [0.25, 0.3) is 0 Å². The minimum absolute atomic E-state index is 0.261. The largest absolute Gasteiger partial charge is 0.391 e. The molecule has 1 aromatic rings. The van der Waals surface area contributed by atoms with E-state index in [1.807, 2.05) is 6.92 Å². The molecule has 1 aromatic heterocycles. The number of ether oxygens (including phenoxy) is 1. The van der Waals surface area contributed by atoms with Gasteiger partial charge in [0.2, 0.25) is 5.89 Å². The van der Waals surface area contributed by atoms with Crippen LogP contribution in [0.5, 0.6) is 0 Å². The van der Waals surface area contributed by atoms with Crippen molar-refractivity contribution in [2.24, 2.45) is 5.73 Å². The van der Waals surface area contributed by atoms with Crippen molar-refractivity contribution in [1.82, 2.24) is 10.1 Å². The van der Waals surface area contributed by atoms with Gasteiger partial charge in [-0.15, -0.1) is 0 Å². The number of hydrogen-bond donors (Lipinski definition) is 2. The van der Waals surface area contributed by atoms with Gasteiger partial charge in [-0.1, -0.05) is 5.16 Å². The average Bonchev–Trinajstić information content (AvgIpc) is 2.65. The van der Waals surface area contributed by atoms with E-state index in [4.69, 9.17) is 15.0 Å². The normalized spacial score (nSPS) is 15.2. The summed E-state index contributed by atoms with van der Waals surface area (Å²) >= 11 is 0. The number of nitrogens with zero attached hydrogens (tertiary/aromatic N) is 2. The molecule has 6 nitrogen and oxygen atoms in total.